The van der Waals surface area contributed by atoms with E-state index in [0.717, 1.165) is 115 Å². The minimum Gasteiger partial charge on any atom is -0.504 e. The number of likely N-dealkylation sites (tertiary alicyclic amines) is 2. The van der Waals surface area contributed by atoms with Crippen LogP contribution in [0, 0.1) is 45.3 Å². The quantitative estimate of drug-likeness (QED) is 0.164. The van der Waals surface area contributed by atoms with E-state index in [1.54, 1.807) is 0 Å². The minimum absolute atomic E-state index is 0.0941. The molecule has 8 bridgehead atoms. The second-order valence-electron chi connectivity index (χ2n) is 28.9. The number of benzene rings is 2. The van der Waals surface area contributed by atoms with Gasteiger partial charge in [-0.2, -0.15) is 0 Å². The van der Waals surface area contributed by atoms with Gasteiger partial charge in [0.15, 0.2) is 23.0 Å². The predicted octanol–water partition coefficient (Wildman–Crippen LogP) is 9.98. The zero-order valence-electron chi connectivity index (χ0n) is 45.2. The largest absolute Gasteiger partial charge is 0.504 e. The molecule has 0 radical (unpaired) electrons. The first-order chi connectivity index (χ1) is 33.5. The van der Waals surface area contributed by atoms with E-state index in [0.29, 0.717) is 22.6 Å². The zero-order chi connectivity index (χ0) is 49.9. The number of fused-ring (bicyclic) bond motifs is 4. The highest BCUT2D eigenvalue weighted by molar-refractivity contribution is 5.86. The Balaban J connectivity index is 0.961. The Morgan fingerprint density at radius 3 is 1.86 bits per heavy atom. The SMILES string of the molecule is CCCC(C)(C)C(C)(O)[C@H]1C[C@@]23CC[C@]1(OC)[C@@]1(C)Oc4c(O)c(-c5cc6c7c(c5O)O[C@H]5[C@@]8(OC)CC[C@@]9(C[C@@H]8[C@](C)(O)C(C)(C)C)[C@@H](C6)N(CC6CC6)CC[C@]759)cc5c4[C@]21CCN(CC1CC1)[C@@H]3C5. The molecule has 4 aliphatic heterocycles. The molecule has 16 rings (SSSR count). The third-order valence-corrected chi connectivity index (χ3v) is 25.6. The van der Waals surface area contributed by atoms with Crippen LogP contribution in [0.2, 0.25) is 0 Å². The van der Waals surface area contributed by atoms with E-state index in [1.807, 2.05) is 21.1 Å². The number of aromatic hydroxyl groups is 2. The van der Waals surface area contributed by atoms with E-state index in [2.05, 4.69) is 77.3 Å². The highest BCUT2D eigenvalue weighted by atomic mass is 16.6. The summed E-state index contributed by atoms with van der Waals surface area (Å²) in [6, 6.07) is 5.00. The van der Waals surface area contributed by atoms with Gasteiger partial charge in [0.25, 0.3) is 0 Å². The van der Waals surface area contributed by atoms with Crippen molar-refractivity contribution in [2.45, 2.75) is 222 Å². The van der Waals surface area contributed by atoms with Gasteiger partial charge in [-0.3, -0.25) is 9.80 Å². The van der Waals surface area contributed by atoms with Crippen LogP contribution in [0.15, 0.2) is 12.1 Å². The lowest BCUT2D eigenvalue weighted by molar-refractivity contribution is -0.346. The lowest BCUT2D eigenvalue weighted by Gasteiger charge is -2.78. The van der Waals surface area contributed by atoms with Gasteiger partial charge in [0.2, 0.25) is 0 Å². The predicted molar refractivity (Wildman–Crippen MR) is 273 cm³/mol. The highest BCUT2D eigenvalue weighted by Crippen LogP contribution is 2.83. The van der Waals surface area contributed by atoms with Crippen molar-refractivity contribution in [3.63, 3.8) is 0 Å². The van der Waals surface area contributed by atoms with Gasteiger partial charge in [-0.25, -0.2) is 0 Å². The number of aliphatic hydroxyl groups is 2. The third kappa shape index (κ3) is 4.99. The third-order valence-electron chi connectivity index (χ3n) is 25.6. The maximum absolute atomic E-state index is 13.3. The number of nitrogens with zero attached hydrogens (tertiary/aromatic N) is 2. The Bertz CT molecular complexity index is 2650. The molecule has 10 heteroatoms. The number of hydrogen-bond acceptors (Lipinski definition) is 10. The molecule has 10 aliphatic carbocycles. The Labute approximate surface area is 423 Å². The van der Waals surface area contributed by atoms with Crippen molar-refractivity contribution >= 4 is 0 Å². The second-order valence-corrected chi connectivity index (χ2v) is 28.9. The van der Waals surface area contributed by atoms with Gasteiger partial charge < -0.3 is 39.4 Å². The van der Waals surface area contributed by atoms with Crippen molar-refractivity contribution in [2.75, 3.05) is 40.4 Å². The van der Waals surface area contributed by atoms with E-state index < -0.39 is 38.8 Å². The molecule has 4 N–H and O–H groups in total. The molecule has 10 fully saturated rings. The zero-order valence-corrected chi connectivity index (χ0v) is 45.2. The summed E-state index contributed by atoms with van der Waals surface area (Å²) in [6.07, 6.45) is 15.6. The van der Waals surface area contributed by atoms with Crippen molar-refractivity contribution in [1.29, 1.82) is 0 Å². The van der Waals surface area contributed by atoms with Crippen molar-refractivity contribution in [1.82, 2.24) is 9.80 Å². The van der Waals surface area contributed by atoms with Crippen LogP contribution in [-0.4, -0.2) is 117 Å². The summed E-state index contributed by atoms with van der Waals surface area (Å²) in [5.41, 5.74) is -0.470. The van der Waals surface area contributed by atoms with Crippen LogP contribution in [0.5, 0.6) is 23.0 Å². The lowest BCUT2D eigenvalue weighted by Crippen LogP contribution is -2.87. The monoisotopic (exact) mass is 975 g/mol. The minimum atomic E-state index is -1.05. The summed E-state index contributed by atoms with van der Waals surface area (Å²) in [6.45, 7) is 23.9. The van der Waals surface area contributed by atoms with Gasteiger partial charge in [-0.1, -0.05) is 48.0 Å². The van der Waals surface area contributed by atoms with Crippen LogP contribution in [-0.2, 0) is 33.1 Å². The van der Waals surface area contributed by atoms with Crippen molar-refractivity contribution in [3.05, 3.63) is 34.4 Å². The Hall–Kier alpha value is -2.60. The summed E-state index contributed by atoms with van der Waals surface area (Å²) >= 11 is 0. The molecule has 14 aliphatic rings. The van der Waals surface area contributed by atoms with Gasteiger partial charge >= 0.3 is 0 Å². The average molecular weight is 975 g/mol. The van der Waals surface area contributed by atoms with E-state index in [-0.39, 0.29) is 63.2 Å². The molecular weight excluding hydrogens is 889 g/mol. The number of rotatable bonds is 12. The molecule has 4 spiro atoms. The summed E-state index contributed by atoms with van der Waals surface area (Å²) < 4.78 is 29.3. The lowest BCUT2D eigenvalue weighted by atomic mass is 9.29. The smallest absolute Gasteiger partial charge is 0.166 e. The summed E-state index contributed by atoms with van der Waals surface area (Å²) in [7, 11) is 3.70. The molecule has 2 aromatic rings. The van der Waals surface area contributed by atoms with E-state index in [4.69, 9.17) is 18.9 Å². The Morgan fingerprint density at radius 1 is 0.690 bits per heavy atom. The number of piperidine rings is 2. The number of hydrogen-bond donors (Lipinski definition) is 4. The van der Waals surface area contributed by atoms with Gasteiger partial charge in [0.05, 0.1) is 16.6 Å². The van der Waals surface area contributed by atoms with Gasteiger partial charge in [0.1, 0.15) is 22.9 Å². The topological polar surface area (TPSA) is 124 Å². The van der Waals surface area contributed by atoms with E-state index in [9.17, 15) is 20.4 Å². The average Bonchev–Trinajstić information content (AvgIpc) is 4.26. The van der Waals surface area contributed by atoms with E-state index >= 15 is 0 Å². The van der Waals surface area contributed by atoms with Crippen LogP contribution in [0.1, 0.15) is 174 Å². The molecule has 8 saturated carbocycles. The van der Waals surface area contributed by atoms with Crippen LogP contribution in [0.25, 0.3) is 11.1 Å². The van der Waals surface area contributed by atoms with Gasteiger partial charge in [-0.15, -0.1) is 0 Å². The van der Waals surface area contributed by atoms with Gasteiger partial charge in [-0.05, 0) is 176 Å². The van der Waals surface area contributed by atoms with Crippen molar-refractivity contribution < 1.29 is 39.4 Å². The first-order valence-electron chi connectivity index (χ1n) is 28.6. The maximum atomic E-state index is 13.3. The summed E-state index contributed by atoms with van der Waals surface area (Å²) in [4.78, 5) is 5.69. The second kappa shape index (κ2) is 13.9. The molecule has 1 unspecified atom stereocenters. The number of methoxy groups -OCH3 is 2. The summed E-state index contributed by atoms with van der Waals surface area (Å²) in [5.74, 6) is 2.43. The fourth-order valence-electron chi connectivity index (χ4n) is 21.2. The molecule has 0 aromatic heterocycles. The fraction of sp³-hybridized carbons (Fsp3) is 0.803. The molecule has 2 aromatic carbocycles. The highest BCUT2D eigenvalue weighted by Gasteiger charge is 2.88. The van der Waals surface area contributed by atoms with Crippen molar-refractivity contribution in [3.8, 4) is 34.1 Å². The number of phenols is 2. The molecule has 4 heterocycles. The van der Waals surface area contributed by atoms with Gasteiger partial charge in [0, 0.05) is 89.7 Å². The number of phenolic OH excluding ortho intramolecular Hbond substituents is 2. The van der Waals surface area contributed by atoms with Crippen molar-refractivity contribution in [2.24, 2.45) is 45.3 Å². The Morgan fingerprint density at radius 2 is 1.27 bits per heavy atom. The van der Waals surface area contributed by atoms with Crippen LogP contribution < -0.4 is 9.47 Å². The number of ether oxygens (including phenoxy) is 4. The Kier molecular flexibility index (Phi) is 9.16. The first kappa shape index (κ1) is 46.9. The fourth-order valence-corrected chi connectivity index (χ4v) is 21.2. The van der Waals surface area contributed by atoms with E-state index in [1.165, 1.54) is 47.9 Å². The molecular formula is C61H86N2O8. The standard InChI is InChI=1S/C61H86N2O8/c1-12-17-52(5,6)54(8,67)41-31-57-19-21-61(41,69-11)55(9)60(57)23-25-63(33-35-15-16-35)43(57)29-37-27-39(47(65)49(71-55)45(37)60)38-26-36-28-42-56-18-20-59(68-10,40(30-56)53(7,66)51(2,3)4)50-58(56,44(36)48(70-50)46(38)64)22-24-62(42)32-34-13-14-34/h26-27,34-35,40-43,50,64-67H,12-25,28-33H2,1-11H3/t40-,41-,42-,43-,50-,53+,54?,55+,56-,57-,58+,59-,60+,61-/m1/s1. The van der Waals surface area contributed by atoms with Crippen LogP contribution >= 0.6 is 0 Å². The summed E-state index contributed by atoms with van der Waals surface area (Å²) in [5, 5.41) is 52.7. The molecule has 14 atom stereocenters. The van der Waals surface area contributed by atoms with Crippen LogP contribution in [0.4, 0.5) is 0 Å². The molecule has 10 nitrogen and oxygen atoms in total. The molecule has 0 amide bonds. The molecule has 388 valence electrons. The molecule has 71 heavy (non-hydrogen) atoms. The maximum Gasteiger partial charge on any atom is 0.166 e. The first-order valence-corrected chi connectivity index (χ1v) is 28.6. The van der Waals surface area contributed by atoms with Crippen LogP contribution in [0.3, 0.4) is 0 Å². The normalized spacial score (nSPS) is 43.9. The molecule has 2 saturated heterocycles.